The molecule has 0 bridgehead atoms. The van der Waals surface area contributed by atoms with Crippen molar-refractivity contribution in [2.45, 2.75) is 13.1 Å². The molecular formula is C26H21N3O2. The first-order valence-electron chi connectivity index (χ1n) is 10.2. The van der Waals surface area contributed by atoms with Crippen molar-refractivity contribution in [3.63, 3.8) is 0 Å². The lowest BCUT2D eigenvalue weighted by molar-refractivity contribution is -0.123. The van der Waals surface area contributed by atoms with E-state index in [1.807, 2.05) is 72.9 Å². The fraction of sp³-hybridized carbons (Fsp3) is 0.0769. The Hall–Kier alpha value is -4.12. The summed E-state index contributed by atoms with van der Waals surface area (Å²) in [6, 6.07) is 27.4. The number of urea groups is 1. The monoisotopic (exact) mass is 407 g/mol. The molecule has 0 saturated carbocycles. The molecule has 1 aliphatic heterocycles. The third kappa shape index (κ3) is 3.73. The Labute approximate surface area is 180 Å². The minimum Gasteiger partial charge on any atom is -0.342 e. The smallest absolute Gasteiger partial charge is 0.329 e. The van der Waals surface area contributed by atoms with Gasteiger partial charge >= 0.3 is 6.03 Å². The van der Waals surface area contributed by atoms with Crippen molar-refractivity contribution in [2.24, 2.45) is 0 Å². The van der Waals surface area contributed by atoms with Gasteiger partial charge in [-0.1, -0.05) is 78.9 Å². The average molecular weight is 407 g/mol. The first kappa shape index (κ1) is 18.9. The second-order valence-corrected chi connectivity index (χ2v) is 7.58. The van der Waals surface area contributed by atoms with Gasteiger partial charge in [0.05, 0.1) is 6.54 Å². The zero-order valence-electron chi connectivity index (χ0n) is 16.9. The van der Waals surface area contributed by atoms with Gasteiger partial charge in [-0.3, -0.25) is 9.69 Å². The van der Waals surface area contributed by atoms with E-state index in [2.05, 4.69) is 28.1 Å². The van der Waals surface area contributed by atoms with Gasteiger partial charge in [-0.25, -0.2) is 4.79 Å². The van der Waals surface area contributed by atoms with Crippen molar-refractivity contribution in [3.05, 3.63) is 114 Å². The number of hydrogen-bond donors (Lipinski definition) is 1. The number of amides is 3. The molecule has 152 valence electrons. The Kier molecular flexibility index (Phi) is 4.84. The summed E-state index contributed by atoms with van der Waals surface area (Å²) in [4.78, 5) is 26.6. The molecule has 0 radical (unpaired) electrons. The van der Waals surface area contributed by atoms with Gasteiger partial charge < -0.3 is 9.88 Å². The molecule has 1 saturated heterocycles. The Bertz CT molecular complexity index is 1290. The number of imide groups is 1. The number of benzene rings is 3. The zero-order valence-corrected chi connectivity index (χ0v) is 16.9. The highest BCUT2D eigenvalue weighted by atomic mass is 16.2. The number of carbonyl (C=O) groups excluding carboxylic acids is 2. The minimum absolute atomic E-state index is 0.249. The van der Waals surface area contributed by atoms with Crippen molar-refractivity contribution in [1.82, 2.24) is 14.8 Å². The fourth-order valence-corrected chi connectivity index (χ4v) is 3.94. The van der Waals surface area contributed by atoms with Gasteiger partial charge in [0.15, 0.2) is 0 Å². The predicted octanol–water partition coefficient (Wildman–Crippen LogP) is 4.78. The van der Waals surface area contributed by atoms with E-state index in [4.69, 9.17) is 0 Å². The molecule has 1 aromatic heterocycles. The van der Waals surface area contributed by atoms with Crippen LogP contribution >= 0.6 is 0 Å². The van der Waals surface area contributed by atoms with E-state index < -0.39 is 6.03 Å². The molecule has 3 aromatic carbocycles. The van der Waals surface area contributed by atoms with Crippen LogP contribution in [0.2, 0.25) is 0 Å². The molecule has 5 heteroatoms. The summed E-state index contributed by atoms with van der Waals surface area (Å²) in [5, 5.41) is 3.77. The van der Waals surface area contributed by atoms with Crippen LogP contribution in [-0.4, -0.2) is 21.4 Å². The molecule has 0 unspecified atom stereocenters. The summed E-state index contributed by atoms with van der Waals surface area (Å²) >= 11 is 0. The number of para-hydroxylation sites is 1. The van der Waals surface area contributed by atoms with Crippen molar-refractivity contribution in [2.75, 3.05) is 0 Å². The lowest BCUT2D eigenvalue weighted by Gasteiger charge is -2.11. The Morgan fingerprint density at radius 3 is 2.06 bits per heavy atom. The molecule has 0 spiro atoms. The number of nitrogens with one attached hydrogen (secondary N) is 1. The van der Waals surface area contributed by atoms with Gasteiger partial charge in [0.25, 0.3) is 5.91 Å². The largest absolute Gasteiger partial charge is 0.342 e. The average Bonchev–Trinajstić information content (AvgIpc) is 3.27. The molecular weight excluding hydrogens is 386 g/mol. The number of hydrogen-bond acceptors (Lipinski definition) is 2. The topological polar surface area (TPSA) is 54.3 Å². The maximum absolute atomic E-state index is 12.9. The van der Waals surface area contributed by atoms with E-state index in [0.717, 1.165) is 28.6 Å². The summed E-state index contributed by atoms with van der Waals surface area (Å²) in [5.41, 5.74) is 4.38. The van der Waals surface area contributed by atoms with Gasteiger partial charge in [-0.15, -0.1) is 0 Å². The van der Waals surface area contributed by atoms with Gasteiger partial charge in [0.2, 0.25) is 0 Å². The highest BCUT2D eigenvalue weighted by molar-refractivity contribution is 6.14. The van der Waals surface area contributed by atoms with Crippen molar-refractivity contribution < 1.29 is 9.59 Å². The van der Waals surface area contributed by atoms with E-state index in [-0.39, 0.29) is 12.5 Å². The van der Waals surface area contributed by atoms with Crippen LogP contribution in [0.25, 0.3) is 17.0 Å². The lowest BCUT2D eigenvalue weighted by Crippen LogP contribution is -2.30. The number of rotatable bonds is 5. The van der Waals surface area contributed by atoms with E-state index >= 15 is 0 Å². The van der Waals surface area contributed by atoms with Crippen LogP contribution in [0.4, 0.5) is 4.79 Å². The molecule has 1 fully saturated rings. The van der Waals surface area contributed by atoms with Gasteiger partial charge in [0.1, 0.15) is 5.70 Å². The Morgan fingerprint density at radius 1 is 0.742 bits per heavy atom. The molecule has 1 aliphatic rings. The maximum atomic E-state index is 12.9. The van der Waals surface area contributed by atoms with Crippen LogP contribution in [0, 0.1) is 0 Å². The molecule has 1 N–H and O–H groups in total. The van der Waals surface area contributed by atoms with Gasteiger partial charge in [-0.2, -0.15) is 0 Å². The van der Waals surface area contributed by atoms with Crippen LogP contribution in [0.5, 0.6) is 0 Å². The lowest BCUT2D eigenvalue weighted by atomic mass is 10.1. The van der Waals surface area contributed by atoms with Gasteiger partial charge in [-0.05, 0) is 23.3 Å². The normalized spacial score (nSPS) is 15.1. The molecule has 0 atom stereocenters. The minimum atomic E-state index is -0.395. The number of aromatic nitrogens is 1. The second kappa shape index (κ2) is 7.95. The summed E-state index contributed by atoms with van der Waals surface area (Å²) in [5.74, 6) is -0.311. The van der Waals surface area contributed by atoms with Crippen molar-refractivity contribution in [1.29, 1.82) is 0 Å². The molecule has 5 rings (SSSR count). The number of carbonyl (C=O) groups is 2. The van der Waals surface area contributed by atoms with E-state index in [9.17, 15) is 9.59 Å². The fourth-order valence-electron chi connectivity index (χ4n) is 3.94. The Morgan fingerprint density at radius 2 is 1.35 bits per heavy atom. The highest BCUT2D eigenvalue weighted by Gasteiger charge is 2.33. The summed E-state index contributed by atoms with van der Waals surface area (Å²) < 4.78 is 2.17. The summed E-state index contributed by atoms with van der Waals surface area (Å²) in [7, 11) is 0. The summed E-state index contributed by atoms with van der Waals surface area (Å²) in [6.45, 7) is 0.976. The highest BCUT2D eigenvalue weighted by Crippen LogP contribution is 2.26. The zero-order chi connectivity index (χ0) is 21.2. The molecule has 4 aromatic rings. The first-order valence-corrected chi connectivity index (χ1v) is 10.2. The molecule has 0 aliphatic carbocycles. The number of fused-ring (bicyclic) bond motifs is 1. The van der Waals surface area contributed by atoms with Crippen LogP contribution in [-0.2, 0) is 17.9 Å². The summed E-state index contributed by atoms with van der Waals surface area (Å²) in [6.07, 6.45) is 3.80. The van der Waals surface area contributed by atoms with Crippen LogP contribution in [0.15, 0.2) is 96.8 Å². The Balaban J connectivity index is 1.47. The third-order valence-electron chi connectivity index (χ3n) is 5.46. The molecule has 3 amide bonds. The maximum Gasteiger partial charge on any atom is 0.329 e. The predicted molar refractivity (Wildman–Crippen MR) is 121 cm³/mol. The molecule has 2 heterocycles. The molecule has 31 heavy (non-hydrogen) atoms. The van der Waals surface area contributed by atoms with Crippen molar-refractivity contribution >= 4 is 28.9 Å². The van der Waals surface area contributed by atoms with Crippen LogP contribution < -0.4 is 5.32 Å². The van der Waals surface area contributed by atoms with E-state index in [1.165, 1.54) is 10.5 Å². The van der Waals surface area contributed by atoms with E-state index in [0.29, 0.717) is 5.70 Å². The van der Waals surface area contributed by atoms with Crippen LogP contribution in [0.1, 0.15) is 16.7 Å². The van der Waals surface area contributed by atoms with Crippen LogP contribution in [0.3, 0.4) is 0 Å². The van der Waals surface area contributed by atoms with Gasteiger partial charge in [0, 0.05) is 29.2 Å². The van der Waals surface area contributed by atoms with E-state index in [1.54, 1.807) is 6.08 Å². The first-order chi connectivity index (χ1) is 15.2. The van der Waals surface area contributed by atoms with Crippen molar-refractivity contribution in [3.8, 4) is 0 Å². The third-order valence-corrected chi connectivity index (χ3v) is 5.46. The number of nitrogens with zero attached hydrogens (tertiary/aromatic N) is 2. The quantitative estimate of drug-likeness (QED) is 0.382. The standard InChI is InChI=1S/C26H21N3O2/c30-25-23(27-26(31)29(25)17-20-11-5-2-6-12-20)15-21-18-28(16-19-9-3-1-4-10-19)24-14-8-7-13-22(21)24/h1-15,18H,16-17H2,(H,27,31). The second-order valence-electron chi connectivity index (χ2n) is 7.58. The molecule has 5 nitrogen and oxygen atoms in total. The SMILES string of the molecule is O=C1NC(=Cc2cn(Cc3ccccc3)c3ccccc23)C(=O)N1Cc1ccccc1.